The van der Waals surface area contributed by atoms with Gasteiger partial charge in [0.15, 0.2) is 5.78 Å². The van der Waals surface area contributed by atoms with Crippen molar-refractivity contribution in [1.29, 1.82) is 0 Å². The Morgan fingerprint density at radius 3 is 2.14 bits per heavy atom. The topological polar surface area (TPSA) is 26.3 Å². The number of benzene rings is 3. The van der Waals surface area contributed by atoms with E-state index in [0.29, 0.717) is 12.2 Å². The van der Waals surface area contributed by atoms with Crippen molar-refractivity contribution in [2.24, 2.45) is 0 Å². The molecule has 0 aliphatic heterocycles. The highest BCUT2D eigenvalue weighted by Crippen LogP contribution is 2.35. The lowest BCUT2D eigenvalue weighted by atomic mass is 10.1. The molecule has 0 aliphatic carbocycles. The molecule has 0 amide bonds. The van der Waals surface area contributed by atoms with Crippen LogP contribution >= 0.6 is 47.8 Å². The number of halogens is 3. The Hall–Kier alpha value is -1.69. The molecule has 28 heavy (non-hydrogen) atoms. The Kier molecular flexibility index (Phi) is 7.27. The number of aryl methyl sites for hydroxylation is 1. The van der Waals surface area contributed by atoms with E-state index < -0.39 is 0 Å². The van der Waals surface area contributed by atoms with Gasteiger partial charge in [-0.2, -0.15) is 0 Å². The lowest BCUT2D eigenvalue weighted by Crippen LogP contribution is -1.97. The minimum Gasteiger partial charge on any atom is -0.487 e. The zero-order valence-electron chi connectivity index (χ0n) is 15.1. The van der Waals surface area contributed by atoms with Crippen LogP contribution in [0.4, 0.5) is 0 Å². The fraction of sp³-hybridized carbons (Fsp3) is 0.0870. The highest BCUT2D eigenvalue weighted by molar-refractivity contribution is 9.11. The van der Waals surface area contributed by atoms with Crippen LogP contribution in [0.15, 0.2) is 80.2 Å². The maximum atomic E-state index is 12.3. The molecule has 0 fully saturated rings. The zero-order chi connectivity index (χ0) is 20.1. The normalized spacial score (nSPS) is 11.0. The van der Waals surface area contributed by atoms with Crippen LogP contribution in [0.1, 0.15) is 27.0 Å². The van der Waals surface area contributed by atoms with Gasteiger partial charge in [0, 0.05) is 10.0 Å². The third-order valence-electron chi connectivity index (χ3n) is 4.08. The van der Waals surface area contributed by atoms with Crippen molar-refractivity contribution in [2.45, 2.75) is 13.5 Å². The monoisotopic (exact) mass is 562 g/mol. The van der Waals surface area contributed by atoms with Gasteiger partial charge in [0.2, 0.25) is 0 Å². The molecule has 142 valence electrons. The smallest absolute Gasteiger partial charge is 0.185 e. The Morgan fingerprint density at radius 2 is 1.54 bits per heavy atom. The van der Waals surface area contributed by atoms with Gasteiger partial charge in [-0.15, -0.1) is 0 Å². The average molecular weight is 565 g/mol. The summed E-state index contributed by atoms with van der Waals surface area (Å²) in [6.45, 7) is 2.46. The summed E-state index contributed by atoms with van der Waals surface area (Å²) in [6.07, 6.45) is 3.39. The summed E-state index contributed by atoms with van der Waals surface area (Å²) >= 11 is 10.6. The van der Waals surface area contributed by atoms with E-state index in [1.165, 1.54) is 0 Å². The number of allylic oxidation sites excluding steroid dienone is 1. The molecule has 5 heteroatoms. The largest absolute Gasteiger partial charge is 0.487 e. The van der Waals surface area contributed by atoms with Crippen molar-refractivity contribution in [1.82, 2.24) is 0 Å². The number of rotatable bonds is 6. The minimum absolute atomic E-state index is 0.0252. The van der Waals surface area contributed by atoms with Gasteiger partial charge in [-0.05, 0) is 80.3 Å². The Labute approximate surface area is 190 Å². The quantitative estimate of drug-likeness (QED) is 0.226. The second-order valence-corrected chi connectivity index (χ2v) is 8.92. The summed E-state index contributed by atoms with van der Waals surface area (Å²) in [7, 11) is 0. The van der Waals surface area contributed by atoms with E-state index in [4.69, 9.17) is 4.74 Å². The molecule has 0 spiro atoms. The van der Waals surface area contributed by atoms with Gasteiger partial charge in [-0.1, -0.05) is 64.0 Å². The van der Waals surface area contributed by atoms with E-state index in [1.54, 1.807) is 12.2 Å². The van der Waals surface area contributed by atoms with Gasteiger partial charge < -0.3 is 4.74 Å². The molecule has 0 bridgehead atoms. The number of ether oxygens (including phenoxy) is 1. The highest BCUT2D eigenvalue weighted by Gasteiger charge is 2.09. The van der Waals surface area contributed by atoms with Crippen LogP contribution < -0.4 is 4.74 Å². The molecule has 0 atom stereocenters. The molecule has 0 aliphatic rings. The number of carbonyl (C=O) groups is 1. The van der Waals surface area contributed by atoms with Crippen LogP contribution in [-0.4, -0.2) is 5.78 Å². The first-order valence-electron chi connectivity index (χ1n) is 8.58. The van der Waals surface area contributed by atoms with Crippen LogP contribution in [0.3, 0.4) is 0 Å². The molecule has 0 radical (unpaired) electrons. The first kappa shape index (κ1) is 21.0. The molecule has 3 aromatic rings. The van der Waals surface area contributed by atoms with E-state index in [0.717, 1.165) is 35.9 Å². The molecule has 0 unspecified atom stereocenters. The predicted octanol–water partition coefficient (Wildman–Crippen LogP) is 7.76. The molecule has 0 saturated heterocycles. The maximum Gasteiger partial charge on any atom is 0.185 e. The second kappa shape index (κ2) is 9.68. The summed E-state index contributed by atoms with van der Waals surface area (Å²) in [6, 6.07) is 19.4. The number of hydrogen-bond acceptors (Lipinski definition) is 2. The number of carbonyl (C=O) groups excluding carboxylic acids is 1. The summed E-state index contributed by atoms with van der Waals surface area (Å²) in [5.74, 6) is 0.702. The van der Waals surface area contributed by atoms with Gasteiger partial charge in [0.1, 0.15) is 12.4 Å². The zero-order valence-corrected chi connectivity index (χ0v) is 19.8. The fourth-order valence-electron chi connectivity index (χ4n) is 2.54. The van der Waals surface area contributed by atoms with Crippen LogP contribution in [0.2, 0.25) is 0 Å². The van der Waals surface area contributed by atoms with Gasteiger partial charge in [-0.3, -0.25) is 4.79 Å². The summed E-state index contributed by atoms with van der Waals surface area (Å²) in [4.78, 5) is 12.3. The lowest BCUT2D eigenvalue weighted by molar-refractivity contribution is 0.104. The van der Waals surface area contributed by atoms with E-state index in [-0.39, 0.29) is 5.78 Å². The van der Waals surface area contributed by atoms with Crippen LogP contribution in [-0.2, 0) is 6.61 Å². The van der Waals surface area contributed by atoms with Gasteiger partial charge in [0.05, 0.1) is 8.95 Å². The van der Waals surface area contributed by atoms with Crippen LogP contribution in [0.5, 0.6) is 5.75 Å². The van der Waals surface area contributed by atoms with Crippen molar-refractivity contribution in [3.8, 4) is 5.75 Å². The predicted molar refractivity (Wildman–Crippen MR) is 125 cm³/mol. The summed E-state index contributed by atoms with van der Waals surface area (Å²) in [5, 5.41) is 0. The van der Waals surface area contributed by atoms with Crippen molar-refractivity contribution in [3.63, 3.8) is 0 Å². The lowest BCUT2D eigenvalue weighted by Gasteiger charge is -2.11. The number of hydrogen-bond donors (Lipinski definition) is 0. The second-order valence-electron chi connectivity index (χ2n) is 6.29. The first-order chi connectivity index (χ1) is 13.4. The van der Waals surface area contributed by atoms with Gasteiger partial charge >= 0.3 is 0 Å². The van der Waals surface area contributed by atoms with Crippen LogP contribution in [0, 0.1) is 6.92 Å². The molecular weight excluding hydrogens is 548 g/mol. The molecule has 0 saturated carbocycles. The van der Waals surface area contributed by atoms with E-state index >= 15 is 0 Å². The Morgan fingerprint density at radius 1 is 0.929 bits per heavy atom. The van der Waals surface area contributed by atoms with E-state index in [1.807, 2.05) is 67.6 Å². The fourth-order valence-corrected chi connectivity index (χ4v) is 4.25. The third-order valence-corrected chi connectivity index (χ3v) is 5.79. The summed E-state index contributed by atoms with van der Waals surface area (Å²) in [5.41, 5.74) is 3.78. The highest BCUT2D eigenvalue weighted by atomic mass is 79.9. The molecule has 2 nitrogen and oxygen atoms in total. The Balaban J connectivity index is 1.71. The maximum absolute atomic E-state index is 12.3. The molecule has 0 heterocycles. The Bertz CT molecular complexity index is 984. The van der Waals surface area contributed by atoms with Crippen molar-refractivity contribution >= 4 is 59.6 Å². The molecular formula is C23H17Br3O2. The minimum atomic E-state index is -0.0252. The van der Waals surface area contributed by atoms with Crippen LogP contribution in [0.25, 0.3) is 6.08 Å². The van der Waals surface area contributed by atoms with Crippen molar-refractivity contribution in [3.05, 3.63) is 102 Å². The molecule has 3 rings (SSSR count). The van der Waals surface area contributed by atoms with Crippen molar-refractivity contribution in [2.75, 3.05) is 0 Å². The number of ketones is 1. The molecule has 3 aromatic carbocycles. The van der Waals surface area contributed by atoms with Gasteiger partial charge in [0.25, 0.3) is 0 Å². The average Bonchev–Trinajstić information content (AvgIpc) is 2.67. The third kappa shape index (κ3) is 5.66. The van der Waals surface area contributed by atoms with Gasteiger partial charge in [-0.25, -0.2) is 0 Å². The van der Waals surface area contributed by atoms with E-state index in [2.05, 4.69) is 47.8 Å². The first-order valence-corrected chi connectivity index (χ1v) is 11.0. The standard InChI is InChI=1S/C23H17Br3O2/c1-15-2-7-18(8-3-15)22(27)11-6-17-12-20(25)23(21(26)13-17)28-14-16-4-9-19(24)10-5-16/h2-13H,14H2,1H3/b11-6+. The van der Waals surface area contributed by atoms with Crippen molar-refractivity contribution < 1.29 is 9.53 Å². The summed E-state index contributed by atoms with van der Waals surface area (Å²) < 4.78 is 8.63. The molecule has 0 N–H and O–H groups in total. The molecule has 0 aromatic heterocycles. The van der Waals surface area contributed by atoms with E-state index in [9.17, 15) is 4.79 Å². The SMILES string of the molecule is Cc1ccc(C(=O)/C=C/c2cc(Br)c(OCc3ccc(Br)cc3)c(Br)c2)cc1.